The summed E-state index contributed by atoms with van der Waals surface area (Å²) in [5.74, 6) is 0.661. The SMILES string of the molecule is CCc1ccc(CN(Cc2cccnc2)C(=O)[C@@H](C)Oc2cccc(C)c2)cc1. The van der Waals surface area contributed by atoms with Crippen LogP contribution in [-0.4, -0.2) is 21.9 Å². The van der Waals surface area contributed by atoms with E-state index in [1.165, 1.54) is 5.56 Å². The topological polar surface area (TPSA) is 42.4 Å². The van der Waals surface area contributed by atoms with Crippen molar-refractivity contribution >= 4 is 5.91 Å². The summed E-state index contributed by atoms with van der Waals surface area (Å²) in [7, 11) is 0. The van der Waals surface area contributed by atoms with Crippen molar-refractivity contribution < 1.29 is 9.53 Å². The van der Waals surface area contributed by atoms with Gasteiger partial charge in [0, 0.05) is 25.5 Å². The van der Waals surface area contributed by atoms with Crippen LogP contribution in [-0.2, 0) is 24.3 Å². The molecule has 2 aromatic carbocycles. The molecule has 150 valence electrons. The number of hydrogen-bond acceptors (Lipinski definition) is 3. The molecule has 1 amide bonds. The highest BCUT2D eigenvalue weighted by Crippen LogP contribution is 2.17. The molecule has 0 spiro atoms. The Balaban J connectivity index is 1.77. The van der Waals surface area contributed by atoms with Crippen molar-refractivity contribution in [3.8, 4) is 5.75 Å². The number of pyridine rings is 1. The number of rotatable bonds is 8. The Bertz CT molecular complexity index is 923. The highest BCUT2D eigenvalue weighted by molar-refractivity contribution is 5.81. The Morgan fingerprint density at radius 3 is 2.38 bits per heavy atom. The minimum atomic E-state index is -0.580. The normalized spacial score (nSPS) is 11.7. The van der Waals surface area contributed by atoms with Crippen LogP contribution in [0.2, 0.25) is 0 Å². The second-order valence-corrected chi connectivity index (χ2v) is 7.30. The second kappa shape index (κ2) is 9.87. The number of aromatic nitrogens is 1. The molecule has 0 saturated heterocycles. The molecule has 3 aromatic rings. The molecule has 0 unspecified atom stereocenters. The zero-order valence-corrected chi connectivity index (χ0v) is 17.3. The van der Waals surface area contributed by atoms with Gasteiger partial charge in [-0.1, -0.05) is 49.4 Å². The molecule has 0 N–H and O–H groups in total. The summed E-state index contributed by atoms with van der Waals surface area (Å²) >= 11 is 0. The van der Waals surface area contributed by atoms with Crippen LogP contribution in [0.15, 0.2) is 73.1 Å². The summed E-state index contributed by atoms with van der Waals surface area (Å²) in [6, 6.07) is 20.1. The van der Waals surface area contributed by atoms with Gasteiger partial charge in [0.05, 0.1) is 0 Å². The van der Waals surface area contributed by atoms with E-state index in [4.69, 9.17) is 4.74 Å². The summed E-state index contributed by atoms with van der Waals surface area (Å²) in [4.78, 5) is 19.3. The largest absolute Gasteiger partial charge is 0.481 e. The number of hydrogen-bond donors (Lipinski definition) is 0. The third-order valence-electron chi connectivity index (χ3n) is 4.86. The first-order valence-electron chi connectivity index (χ1n) is 10.0. The van der Waals surface area contributed by atoms with Crippen molar-refractivity contribution in [1.29, 1.82) is 0 Å². The summed E-state index contributed by atoms with van der Waals surface area (Å²) in [5, 5.41) is 0. The number of aryl methyl sites for hydroxylation is 2. The van der Waals surface area contributed by atoms with Gasteiger partial charge in [-0.25, -0.2) is 0 Å². The van der Waals surface area contributed by atoms with Crippen LogP contribution in [0, 0.1) is 6.92 Å². The molecule has 0 aliphatic heterocycles. The van der Waals surface area contributed by atoms with E-state index in [-0.39, 0.29) is 5.91 Å². The molecular weight excluding hydrogens is 360 g/mol. The van der Waals surface area contributed by atoms with Gasteiger partial charge in [0.15, 0.2) is 6.10 Å². The molecule has 3 rings (SSSR count). The van der Waals surface area contributed by atoms with Crippen molar-refractivity contribution in [3.63, 3.8) is 0 Å². The molecule has 0 saturated carbocycles. The minimum absolute atomic E-state index is 0.0464. The maximum atomic E-state index is 13.2. The molecule has 0 radical (unpaired) electrons. The van der Waals surface area contributed by atoms with Crippen LogP contribution < -0.4 is 4.74 Å². The third kappa shape index (κ3) is 5.92. The number of nitrogens with zero attached hydrogens (tertiary/aromatic N) is 2. The van der Waals surface area contributed by atoms with Gasteiger partial charge in [0.2, 0.25) is 0 Å². The summed E-state index contributed by atoms with van der Waals surface area (Å²) in [5.41, 5.74) is 4.48. The fourth-order valence-electron chi connectivity index (χ4n) is 3.22. The molecule has 0 aliphatic carbocycles. The van der Waals surface area contributed by atoms with Gasteiger partial charge in [-0.05, 0) is 60.7 Å². The van der Waals surface area contributed by atoms with Crippen molar-refractivity contribution in [3.05, 3.63) is 95.3 Å². The molecule has 1 atom stereocenters. The fourth-order valence-corrected chi connectivity index (χ4v) is 3.22. The van der Waals surface area contributed by atoms with Crippen LogP contribution in [0.3, 0.4) is 0 Å². The number of carbonyl (C=O) groups excluding carboxylic acids is 1. The standard InChI is InChI=1S/C25H28N2O2/c1-4-21-10-12-22(13-11-21)17-27(18-23-8-6-14-26-16-23)25(28)20(3)29-24-9-5-7-19(2)15-24/h5-16,20H,4,17-18H2,1-3H3/t20-/m1/s1. The number of carbonyl (C=O) groups is 1. The van der Waals surface area contributed by atoms with Crippen molar-refractivity contribution in [2.24, 2.45) is 0 Å². The van der Waals surface area contributed by atoms with Crippen molar-refractivity contribution in [2.75, 3.05) is 0 Å². The third-order valence-corrected chi connectivity index (χ3v) is 4.86. The highest BCUT2D eigenvalue weighted by Gasteiger charge is 2.23. The Labute approximate surface area is 173 Å². The monoisotopic (exact) mass is 388 g/mol. The smallest absolute Gasteiger partial charge is 0.263 e. The van der Waals surface area contributed by atoms with E-state index in [0.717, 1.165) is 23.1 Å². The number of ether oxygens (including phenoxy) is 1. The van der Waals surface area contributed by atoms with Crippen LogP contribution in [0.4, 0.5) is 0 Å². The second-order valence-electron chi connectivity index (χ2n) is 7.30. The first-order chi connectivity index (χ1) is 14.0. The van der Waals surface area contributed by atoms with E-state index in [9.17, 15) is 4.79 Å². The summed E-state index contributed by atoms with van der Waals surface area (Å²) in [6.07, 6.45) is 3.96. The molecule has 0 fully saturated rings. The Morgan fingerprint density at radius 1 is 1.00 bits per heavy atom. The van der Waals surface area contributed by atoms with Gasteiger partial charge >= 0.3 is 0 Å². The van der Waals surface area contributed by atoms with Crippen LogP contribution in [0.5, 0.6) is 5.75 Å². The molecule has 0 bridgehead atoms. The van der Waals surface area contributed by atoms with E-state index in [0.29, 0.717) is 18.8 Å². The molecule has 4 heteroatoms. The first kappa shape index (κ1) is 20.6. The minimum Gasteiger partial charge on any atom is -0.481 e. The van der Waals surface area contributed by atoms with Crippen LogP contribution >= 0.6 is 0 Å². The molecular formula is C25H28N2O2. The Hall–Kier alpha value is -3.14. The van der Waals surface area contributed by atoms with E-state index in [2.05, 4.69) is 36.2 Å². The van der Waals surface area contributed by atoms with E-state index < -0.39 is 6.10 Å². The predicted octanol–water partition coefficient (Wildman–Crippen LogP) is 4.95. The maximum absolute atomic E-state index is 13.2. The number of benzene rings is 2. The van der Waals surface area contributed by atoms with Crippen LogP contribution in [0.1, 0.15) is 36.1 Å². The maximum Gasteiger partial charge on any atom is 0.263 e. The van der Waals surface area contributed by atoms with Gasteiger partial charge < -0.3 is 9.64 Å². The van der Waals surface area contributed by atoms with Gasteiger partial charge in [-0.3, -0.25) is 9.78 Å². The zero-order chi connectivity index (χ0) is 20.6. The molecule has 29 heavy (non-hydrogen) atoms. The first-order valence-corrected chi connectivity index (χ1v) is 10.0. The van der Waals surface area contributed by atoms with Gasteiger partial charge in [0.25, 0.3) is 5.91 Å². The Kier molecular flexibility index (Phi) is 7.01. The Morgan fingerprint density at radius 2 is 1.72 bits per heavy atom. The van der Waals surface area contributed by atoms with Gasteiger partial charge in [-0.15, -0.1) is 0 Å². The predicted molar refractivity (Wildman–Crippen MR) is 116 cm³/mol. The molecule has 4 nitrogen and oxygen atoms in total. The lowest BCUT2D eigenvalue weighted by molar-refractivity contribution is -0.139. The lowest BCUT2D eigenvalue weighted by Gasteiger charge is -2.26. The van der Waals surface area contributed by atoms with Gasteiger partial charge in [-0.2, -0.15) is 0 Å². The highest BCUT2D eigenvalue weighted by atomic mass is 16.5. The molecule has 0 aliphatic rings. The van der Waals surface area contributed by atoms with Crippen molar-refractivity contribution in [1.82, 2.24) is 9.88 Å². The van der Waals surface area contributed by atoms with E-state index in [1.54, 1.807) is 19.3 Å². The lowest BCUT2D eigenvalue weighted by atomic mass is 10.1. The fraction of sp³-hybridized carbons (Fsp3) is 0.280. The van der Waals surface area contributed by atoms with Crippen LogP contribution in [0.25, 0.3) is 0 Å². The quantitative estimate of drug-likeness (QED) is 0.548. The van der Waals surface area contributed by atoms with E-state index >= 15 is 0 Å². The summed E-state index contributed by atoms with van der Waals surface area (Å²) in [6.45, 7) is 6.97. The van der Waals surface area contributed by atoms with Gasteiger partial charge in [0.1, 0.15) is 5.75 Å². The summed E-state index contributed by atoms with van der Waals surface area (Å²) < 4.78 is 5.94. The average Bonchev–Trinajstić information content (AvgIpc) is 2.74. The zero-order valence-electron chi connectivity index (χ0n) is 17.3. The molecule has 1 aromatic heterocycles. The average molecular weight is 389 g/mol. The molecule has 1 heterocycles. The van der Waals surface area contributed by atoms with E-state index in [1.807, 2.05) is 48.2 Å². The number of amides is 1. The lowest BCUT2D eigenvalue weighted by Crippen LogP contribution is -2.39. The van der Waals surface area contributed by atoms with Crippen molar-refractivity contribution in [2.45, 2.75) is 46.4 Å².